The van der Waals surface area contributed by atoms with Gasteiger partial charge in [0, 0.05) is 41.4 Å². The van der Waals surface area contributed by atoms with Gasteiger partial charge in [-0.2, -0.15) is 0 Å². The highest BCUT2D eigenvalue weighted by molar-refractivity contribution is 6.31. The predicted molar refractivity (Wildman–Crippen MR) is 87.8 cm³/mol. The summed E-state index contributed by atoms with van der Waals surface area (Å²) in [6.45, 7) is 1.56. The molecule has 0 aromatic heterocycles. The van der Waals surface area contributed by atoms with Crippen molar-refractivity contribution in [2.45, 2.75) is 13.1 Å². The summed E-state index contributed by atoms with van der Waals surface area (Å²) in [6, 6.07) is 13.9. The monoisotopic (exact) mass is 308 g/mol. The van der Waals surface area contributed by atoms with Gasteiger partial charge in [-0.15, -0.1) is 0 Å². The number of hydrogen-bond donors (Lipinski definition) is 1. The van der Waals surface area contributed by atoms with Crippen LogP contribution in [0, 0.1) is 0 Å². The quantitative estimate of drug-likeness (QED) is 0.883. The molecule has 0 saturated heterocycles. The Morgan fingerprint density at radius 2 is 1.75 bits per heavy atom. The molecule has 2 aromatic carbocycles. The van der Waals surface area contributed by atoms with E-state index in [-0.39, 0.29) is 0 Å². The first kappa shape index (κ1) is 15.2. The highest BCUT2D eigenvalue weighted by Gasteiger charge is 2.10. The molecule has 0 aliphatic rings. The zero-order valence-corrected chi connectivity index (χ0v) is 13.2. The van der Waals surface area contributed by atoms with Crippen molar-refractivity contribution in [3.05, 3.63) is 63.6 Å². The number of anilines is 1. The van der Waals surface area contributed by atoms with Crippen LogP contribution >= 0.6 is 23.2 Å². The van der Waals surface area contributed by atoms with Crippen molar-refractivity contribution >= 4 is 28.9 Å². The minimum absolute atomic E-state index is 0.750. The lowest BCUT2D eigenvalue weighted by Gasteiger charge is -2.23. The van der Waals surface area contributed by atoms with Crippen molar-refractivity contribution < 1.29 is 0 Å². The Morgan fingerprint density at radius 3 is 2.40 bits per heavy atom. The largest absolute Gasteiger partial charge is 0.370 e. The molecule has 0 saturated carbocycles. The molecule has 0 unspecified atom stereocenters. The summed E-state index contributed by atoms with van der Waals surface area (Å²) in [7, 11) is 3.99. The van der Waals surface area contributed by atoms with Crippen molar-refractivity contribution in [3.63, 3.8) is 0 Å². The standard InChI is InChI=1S/C16H18Cl2N2/c1-19-10-14-15(18)4-3-5-16(14)20(2)11-12-6-8-13(17)9-7-12/h3-9,19H,10-11H2,1-2H3. The molecular weight excluding hydrogens is 291 g/mol. The predicted octanol–water partition coefficient (Wildman–Crippen LogP) is 4.35. The van der Waals surface area contributed by atoms with Crippen molar-refractivity contribution in [1.82, 2.24) is 5.32 Å². The Bertz CT molecular complexity index is 567. The van der Waals surface area contributed by atoms with E-state index in [1.165, 1.54) is 5.56 Å². The second kappa shape index (κ2) is 6.98. The molecule has 0 aliphatic heterocycles. The molecule has 2 nitrogen and oxygen atoms in total. The number of rotatable bonds is 5. The highest BCUT2D eigenvalue weighted by atomic mass is 35.5. The van der Waals surface area contributed by atoms with E-state index in [1.807, 2.05) is 43.4 Å². The summed E-state index contributed by atoms with van der Waals surface area (Å²) in [5, 5.41) is 4.71. The van der Waals surface area contributed by atoms with Gasteiger partial charge in [0.2, 0.25) is 0 Å². The van der Waals surface area contributed by atoms with Gasteiger partial charge in [0.05, 0.1) is 0 Å². The van der Waals surface area contributed by atoms with Crippen LogP contribution in [-0.2, 0) is 13.1 Å². The van der Waals surface area contributed by atoms with E-state index >= 15 is 0 Å². The lowest BCUT2D eigenvalue weighted by Crippen LogP contribution is -2.19. The maximum Gasteiger partial charge on any atom is 0.0471 e. The smallest absolute Gasteiger partial charge is 0.0471 e. The van der Waals surface area contributed by atoms with Crippen LogP contribution in [0.1, 0.15) is 11.1 Å². The summed E-state index contributed by atoms with van der Waals surface area (Å²) < 4.78 is 0. The average molecular weight is 309 g/mol. The second-order valence-electron chi connectivity index (χ2n) is 4.75. The van der Waals surface area contributed by atoms with Gasteiger partial charge in [-0.05, 0) is 36.9 Å². The molecule has 0 amide bonds. The second-order valence-corrected chi connectivity index (χ2v) is 5.59. The zero-order valence-electron chi connectivity index (χ0n) is 11.7. The van der Waals surface area contributed by atoms with Gasteiger partial charge in [0.15, 0.2) is 0 Å². The van der Waals surface area contributed by atoms with Crippen LogP contribution in [0.5, 0.6) is 0 Å². The molecule has 4 heteroatoms. The van der Waals surface area contributed by atoms with Gasteiger partial charge in [-0.25, -0.2) is 0 Å². The van der Waals surface area contributed by atoms with Crippen molar-refractivity contribution in [2.24, 2.45) is 0 Å². The Morgan fingerprint density at radius 1 is 1.05 bits per heavy atom. The summed E-state index contributed by atoms with van der Waals surface area (Å²) in [5.41, 5.74) is 3.47. The first-order valence-electron chi connectivity index (χ1n) is 6.49. The van der Waals surface area contributed by atoms with Crippen molar-refractivity contribution in [3.8, 4) is 0 Å². The van der Waals surface area contributed by atoms with Crippen LogP contribution in [0.25, 0.3) is 0 Å². The summed E-state index contributed by atoms with van der Waals surface area (Å²) >= 11 is 12.2. The van der Waals surface area contributed by atoms with E-state index < -0.39 is 0 Å². The van der Waals surface area contributed by atoms with Crippen LogP contribution in [0.2, 0.25) is 10.0 Å². The van der Waals surface area contributed by atoms with Gasteiger partial charge in [0.25, 0.3) is 0 Å². The number of nitrogens with one attached hydrogen (secondary N) is 1. The fraction of sp³-hybridized carbons (Fsp3) is 0.250. The highest BCUT2D eigenvalue weighted by Crippen LogP contribution is 2.27. The SMILES string of the molecule is CNCc1c(Cl)cccc1N(C)Cc1ccc(Cl)cc1. The lowest BCUT2D eigenvalue weighted by molar-refractivity contribution is 0.805. The molecule has 0 spiro atoms. The van der Waals surface area contributed by atoms with E-state index in [0.717, 1.165) is 34.4 Å². The van der Waals surface area contributed by atoms with E-state index in [9.17, 15) is 0 Å². The van der Waals surface area contributed by atoms with Crippen LogP contribution in [0.3, 0.4) is 0 Å². The number of hydrogen-bond acceptors (Lipinski definition) is 2. The molecular formula is C16H18Cl2N2. The maximum atomic E-state index is 6.29. The molecule has 0 bridgehead atoms. The van der Waals surface area contributed by atoms with Gasteiger partial charge in [-0.3, -0.25) is 0 Å². The third kappa shape index (κ3) is 3.66. The third-order valence-corrected chi connectivity index (χ3v) is 3.80. The zero-order chi connectivity index (χ0) is 14.5. The lowest BCUT2D eigenvalue weighted by atomic mass is 10.1. The normalized spacial score (nSPS) is 10.6. The van der Waals surface area contributed by atoms with Gasteiger partial charge in [-0.1, -0.05) is 41.4 Å². The van der Waals surface area contributed by atoms with Crippen LogP contribution in [0.15, 0.2) is 42.5 Å². The van der Waals surface area contributed by atoms with Crippen molar-refractivity contribution in [2.75, 3.05) is 19.0 Å². The molecule has 2 aromatic rings. The molecule has 20 heavy (non-hydrogen) atoms. The van der Waals surface area contributed by atoms with Crippen molar-refractivity contribution in [1.29, 1.82) is 0 Å². The number of halogens is 2. The van der Waals surface area contributed by atoms with E-state index in [0.29, 0.717) is 0 Å². The fourth-order valence-corrected chi connectivity index (χ4v) is 2.57. The van der Waals surface area contributed by atoms with E-state index in [2.05, 4.69) is 23.3 Å². The summed E-state index contributed by atoms with van der Waals surface area (Å²) in [6.07, 6.45) is 0. The number of nitrogens with zero attached hydrogens (tertiary/aromatic N) is 1. The minimum atomic E-state index is 0.750. The topological polar surface area (TPSA) is 15.3 Å². The Balaban J connectivity index is 2.22. The van der Waals surface area contributed by atoms with Gasteiger partial charge in [0.1, 0.15) is 0 Å². The van der Waals surface area contributed by atoms with Gasteiger partial charge < -0.3 is 10.2 Å². The molecule has 0 radical (unpaired) electrons. The Hall–Kier alpha value is -1.22. The van der Waals surface area contributed by atoms with Crippen LogP contribution in [-0.4, -0.2) is 14.1 Å². The maximum absolute atomic E-state index is 6.29. The minimum Gasteiger partial charge on any atom is -0.370 e. The Kier molecular flexibility index (Phi) is 5.30. The molecule has 0 atom stereocenters. The van der Waals surface area contributed by atoms with E-state index in [1.54, 1.807) is 0 Å². The van der Waals surface area contributed by atoms with Crippen LogP contribution in [0.4, 0.5) is 5.69 Å². The van der Waals surface area contributed by atoms with Gasteiger partial charge >= 0.3 is 0 Å². The molecule has 0 fully saturated rings. The molecule has 1 N–H and O–H groups in total. The fourth-order valence-electron chi connectivity index (χ4n) is 2.21. The third-order valence-electron chi connectivity index (χ3n) is 3.19. The summed E-state index contributed by atoms with van der Waals surface area (Å²) in [5.74, 6) is 0. The molecule has 2 rings (SSSR count). The summed E-state index contributed by atoms with van der Waals surface area (Å²) in [4.78, 5) is 2.20. The Labute approximate surface area is 130 Å². The average Bonchev–Trinajstić information content (AvgIpc) is 2.43. The molecule has 0 heterocycles. The molecule has 106 valence electrons. The van der Waals surface area contributed by atoms with E-state index in [4.69, 9.17) is 23.2 Å². The molecule has 0 aliphatic carbocycles. The number of benzene rings is 2. The first-order valence-corrected chi connectivity index (χ1v) is 7.25. The first-order chi connectivity index (χ1) is 9.61. The van der Waals surface area contributed by atoms with Crippen LogP contribution < -0.4 is 10.2 Å².